The number of amides is 1. The van der Waals surface area contributed by atoms with Gasteiger partial charge in [0.25, 0.3) is 10.0 Å². The molecule has 1 saturated heterocycles. The van der Waals surface area contributed by atoms with Crippen LogP contribution in [0.15, 0.2) is 39.6 Å². The van der Waals surface area contributed by atoms with E-state index in [0.29, 0.717) is 26.0 Å². The van der Waals surface area contributed by atoms with Crippen LogP contribution in [0.4, 0.5) is 0 Å². The fourth-order valence-electron chi connectivity index (χ4n) is 2.16. The lowest BCUT2D eigenvalue weighted by Gasteiger charge is -2.15. The number of carbonyl (C=O) groups is 1. The second kappa shape index (κ2) is 7.94. The van der Waals surface area contributed by atoms with E-state index in [4.69, 9.17) is 4.74 Å². The van der Waals surface area contributed by atoms with E-state index in [0.717, 1.165) is 0 Å². The third-order valence-electron chi connectivity index (χ3n) is 3.36. The van der Waals surface area contributed by atoms with Gasteiger partial charge in [0.2, 0.25) is 5.91 Å². The Bertz CT molecular complexity index is 674. The second-order valence-corrected chi connectivity index (χ2v) is 7.79. The maximum absolute atomic E-state index is 12.4. The van der Waals surface area contributed by atoms with Crippen molar-refractivity contribution in [2.24, 2.45) is 4.40 Å². The number of methoxy groups -OCH3 is 1. The number of hydrogen-bond acceptors (Lipinski definition) is 5. The predicted molar refractivity (Wildman–Crippen MR) is 90.9 cm³/mol. The van der Waals surface area contributed by atoms with Crippen molar-refractivity contribution in [2.75, 3.05) is 20.3 Å². The predicted octanol–water partition coefficient (Wildman–Crippen LogP) is 2.12. The zero-order valence-corrected chi connectivity index (χ0v) is 14.8. The standard InChI is InChI=1S/C15H20N2O4S2/c1-3-13-14(18)17(10-7-11-21-2)15(22-13)16-23(19,20)12-8-5-4-6-9-12/h4-6,8-9,13H,3,7,10-11H2,1-2H3/t13-/m1/s1. The fourth-order valence-corrected chi connectivity index (χ4v) is 4.49. The first-order valence-electron chi connectivity index (χ1n) is 7.36. The summed E-state index contributed by atoms with van der Waals surface area (Å²) >= 11 is 1.21. The molecule has 1 aromatic carbocycles. The average molecular weight is 356 g/mol. The lowest BCUT2D eigenvalue weighted by Crippen LogP contribution is -2.33. The minimum atomic E-state index is -3.82. The average Bonchev–Trinajstić information content (AvgIpc) is 2.84. The summed E-state index contributed by atoms with van der Waals surface area (Å²) in [4.78, 5) is 13.9. The summed E-state index contributed by atoms with van der Waals surface area (Å²) in [7, 11) is -2.23. The van der Waals surface area contributed by atoms with Gasteiger partial charge in [-0.3, -0.25) is 9.69 Å². The van der Waals surface area contributed by atoms with Crippen molar-refractivity contribution in [3.8, 4) is 0 Å². The van der Waals surface area contributed by atoms with Crippen molar-refractivity contribution < 1.29 is 17.9 Å². The van der Waals surface area contributed by atoms with Crippen LogP contribution in [0.3, 0.4) is 0 Å². The largest absolute Gasteiger partial charge is 0.385 e. The van der Waals surface area contributed by atoms with E-state index in [1.54, 1.807) is 25.3 Å². The number of hydrogen-bond donors (Lipinski definition) is 0. The van der Waals surface area contributed by atoms with Gasteiger partial charge in [-0.15, -0.1) is 4.40 Å². The normalized spacial score (nSPS) is 20.4. The molecule has 0 unspecified atom stereocenters. The Morgan fingerprint density at radius 3 is 2.61 bits per heavy atom. The summed E-state index contributed by atoms with van der Waals surface area (Å²) in [5.41, 5.74) is 0. The first-order valence-corrected chi connectivity index (χ1v) is 9.68. The SMILES string of the molecule is CC[C@H]1SC(=NS(=O)(=O)c2ccccc2)N(CCCOC)C1=O. The molecule has 0 saturated carbocycles. The molecule has 1 aliphatic heterocycles. The van der Waals surface area contributed by atoms with Gasteiger partial charge < -0.3 is 4.74 Å². The van der Waals surface area contributed by atoms with Crippen LogP contribution in [0.5, 0.6) is 0 Å². The van der Waals surface area contributed by atoms with Crippen molar-refractivity contribution >= 4 is 32.9 Å². The van der Waals surface area contributed by atoms with E-state index in [1.807, 2.05) is 6.92 Å². The highest BCUT2D eigenvalue weighted by molar-refractivity contribution is 8.16. The monoisotopic (exact) mass is 356 g/mol. The van der Waals surface area contributed by atoms with E-state index >= 15 is 0 Å². The molecule has 1 aliphatic rings. The van der Waals surface area contributed by atoms with E-state index in [9.17, 15) is 13.2 Å². The van der Waals surface area contributed by atoms with Gasteiger partial charge in [0.15, 0.2) is 5.17 Å². The first kappa shape index (κ1) is 18.0. The van der Waals surface area contributed by atoms with E-state index in [1.165, 1.54) is 28.8 Å². The van der Waals surface area contributed by atoms with Crippen molar-refractivity contribution in [2.45, 2.75) is 29.9 Å². The molecule has 1 fully saturated rings. The number of carbonyl (C=O) groups excluding carboxylic acids is 1. The van der Waals surface area contributed by atoms with Crippen molar-refractivity contribution in [3.63, 3.8) is 0 Å². The van der Waals surface area contributed by atoms with Gasteiger partial charge in [0.05, 0.1) is 10.1 Å². The van der Waals surface area contributed by atoms with E-state index in [2.05, 4.69) is 4.40 Å². The molecule has 1 heterocycles. The fraction of sp³-hybridized carbons (Fsp3) is 0.467. The topological polar surface area (TPSA) is 76.0 Å². The van der Waals surface area contributed by atoms with Crippen LogP contribution in [-0.2, 0) is 19.6 Å². The van der Waals surface area contributed by atoms with Crippen molar-refractivity contribution in [1.82, 2.24) is 4.90 Å². The second-order valence-electron chi connectivity index (χ2n) is 5.01. The summed E-state index contributed by atoms with van der Waals surface area (Å²) in [6.07, 6.45) is 1.26. The highest BCUT2D eigenvalue weighted by Gasteiger charge is 2.37. The number of sulfonamides is 1. The molecule has 6 nitrogen and oxygen atoms in total. The molecule has 8 heteroatoms. The summed E-state index contributed by atoms with van der Waals surface area (Å²) in [6.45, 7) is 2.81. The molecule has 126 valence electrons. The molecule has 1 atom stereocenters. The van der Waals surface area contributed by atoms with Gasteiger partial charge in [-0.2, -0.15) is 8.42 Å². The minimum absolute atomic E-state index is 0.0874. The lowest BCUT2D eigenvalue weighted by molar-refractivity contribution is -0.126. The number of benzene rings is 1. The molecule has 2 rings (SSSR count). The molecule has 0 N–H and O–H groups in total. The van der Waals surface area contributed by atoms with Gasteiger partial charge in [-0.05, 0) is 25.0 Å². The molecule has 1 aromatic rings. The first-order chi connectivity index (χ1) is 11.0. The third kappa shape index (κ3) is 4.33. The molecular formula is C15H20N2O4S2. The van der Waals surface area contributed by atoms with Crippen LogP contribution in [0, 0.1) is 0 Å². The summed E-state index contributed by atoms with van der Waals surface area (Å²) in [6, 6.07) is 8.02. The number of rotatable bonds is 7. The zero-order chi connectivity index (χ0) is 16.9. The number of ether oxygens (including phenoxy) is 1. The van der Waals surface area contributed by atoms with Crippen molar-refractivity contribution in [3.05, 3.63) is 30.3 Å². The van der Waals surface area contributed by atoms with Crippen LogP contribution in [-0.4, -0.2) is 49.9 Å². The summed E-state index contributed by atoms with van der Waals surface area (Å²) < 4.78 is 33.7. The molecule has 23 heavy (non-hydrogen) atoms. The molecule has 0 bridgehead atoms. The van der Waals surface area contributed by atoms with Crippen molar-refractivity contribution in [1.29, 1.82) is 0 Å². The van der Waals surface area contributed by atoms with E-state index in [-0.39, 0.29) is 21.2 Å². The third-order valence-corrected chi connectivity index (χ3v) is 6.10. The molecule has 0 aliphatic carbocycles. The van der Waals surface area contributed by atoms with Gasteiger partial charge in [-0.1, -0.05) is 36.9 Å². The maximum Gasteiger partial charge on any atom is 0.284 e. The molecule has 1 amide bonds. The summed E-state index contributed by atoms with van der Waals surface area (Å²) in [5.74, 6) is -0.0874. The van der Waals surface area contributed by atoms with E-state index < -0.39 is 10.0 Å². The highest BCUT2D eigenvalue weighted by Crippen LogP contribution is 2.30. The van der Waals surface area contributed by atoms with Gasteiger partial charge >= 0.3 is 0 Å². The molecule has 0 aromatic heterocycles. The lowest BCUT2D eigenvalue weighted by atomic mass is 10.3. The van der Waals surface area contributed by atoms with Crippen LogP contribution < -0.4 is 0 Å². The van der Waals surface area contributed by atoms with Crippen LogP contribution in [0.25, 0.3) is 0 Å². The smallest absolute Gasteiger partial charge is 0.284 e. The highest BCUT2D eigenvalue weighted by atomic mass is 32.2. The van der Waals surface area contributed by atoms with Gasteiger partial charge in [0, 0.05) is 20.3 Å². The Balaban J connectivity index is 2.28. The maximum atomic E-state index is 12.4. The number of thioether (sulfide) groups is 1. The molecular weight excluding hydrogens is 336 g/mol. The number of amidine groups is 1. The Hall–Kier alpha value is -1.38. The Kier molecular flexibility index (Phi) is 6.20. The minimum Gasteiger partial charge on any atom is -0.385 e. The van der Waals surface area contributed by atoms with Gasteiger partial charge in [-0.25, -0.2) is 0 Å². The Morgan fingerprint density at radius 2 is 2.00 bits per heavy atom. The summed E-state index contributed by atoms with van der Waals surface area (Å²) in [5, 5.41) is -0.0240. The quantitative estimate of drug-likeness (QED) is 0.700. The number of nitrogens with zero attached hydrogens (tertiary/aromatic N) is 2. The zero-order valence-electron chi connectivity index (χ0n) is 13.1. The van der Waals surface area contributed by atoms with Crippen LogP contribution in [0.2, 0.25) is 0 Å². The van der Waals surface area contributed by atoms with Crippen LogP contribution >= 0.6 is 11.8 Å². The molecule has 0 radical (unpaired) electrons. The Morgan fingerprint density at radius 1 is 1.30 bits per heavy atom. The van der Waals surface area contributed by atoms with Crippen LogP contribution in [0.1, 0.15) is 19.8 Å². The molecule has 0 spiro atoms. The van der Waals surface area contributed by atoms with Gasteiger partial charge in [0.1, 0.15) is 0 Å². The Labute approximate surface area is 141 Å².